The van der Waals surface area contributed by atoms with E-state index in [9.17, 15) is 25.5 Å². The summed E-state index contributed by atoms with van der Waals surface area (Å²) < 4.78 is 33.0. The molecule has 372 valence electrons. The number of aliphatic hydroxyl groups is 5. The molecular formula is C55H76N2O11. The van der Waals surface area contributed by atoms with E-state index in [0.29, 0.717) is 25.2 Å². The van der Waals surface area contributed by atoms with Crippen LogP contribution in [0.15, 0.2) is 23.3 Å². The Labute approximate surface area is 401 Å². The van der Waals surface area contributed by atoms with Gasteiger partial charge in [0, 0.05) is 49.0 Å². The van der Waals surface area contributed by atoms with Crippen LogP contribution in [0.3, 0.4) is 0 Å². The van der Waals surface area contributed by atoms with Crippen LogP contribution in [0.1, 0.15) is 142 Å². The average Bonchev–Trinajstić information content (AvgIpc) is 4.01. The predicted octanol–water partition coefficient (Wildman–Crippen LogP) is 5.65. The number of allylic oxidation sites excluding steroid dienone is 1. The zero-order chi connectivity index (χ0) is 47.9. The van der Waals surface area contributed by atoms with E-state index in [0.717, 1.165) is 79.7 Å². The molecule has 68 heavy (non-hydrogen) atoms. The van der Waals surface area contributed by atoms with Crippen molar-refractivity contribution in [2.75, 3.05) is 20.3 Å². The van der Waals surface area contributed by atoms with E-state index in [-0.39, 0.29) is 83.8 Å². The molecule has 12 aliphatic rings. The fourth-order valence-electron chi connectivity index (χ4n) is 19.7. The fraction of sp³-hybridized carbons (Fsp3) is 0.836. The number of rotatable bonds is 2. The maximum absolute atomic E-state index is 15.1. The van der Waals surface area contributed by atoms with Gasteiger partial charge in [-0.2, -0.15) is 0 Å². The van der Waals surface area contributed by atoms with Crippen LogP contribution in [-0.2, 0) is 47.7 Å². The highest BCUT2D eigenvalue weighted by atomic mass is 16.7. The van der Waals surface area contributed by atoms with Gasteiger partial charge in [0.2, 0.25) is 5.79 Å². The van der Waals surface area contributed by atoms with Gasteiger partial charge in [0.15, 0.2) is 5.79 Å². The van der Waals surface area contributed by atoms with Crippen LogP contribution in [0.4, 0.5) is 0 Å². The Kier molecular flexibility index (Phi) is 9.34. The molecule has 2 unspecified atom stereocenters. The highest BCUT2D eigenvalue weighted by Gasteiger charge is 2.79. The number of nitrogens with zero attached hydrogens (tertiary/aromatic N) is 2. The minimum absolute atomic E-state index is 0.0246. The number of hydrogen-bond donors (Lipinski definition) is 5. The lowest BCUT2D eigenvalue weighted by Gasteiger charge is -2.62. The molecule has 13 rings (SSSR count). The molecule has 8 aliphatic carbocycles. The van der Waals surface area contributed by atoms with E-state index in [1.807, 2.05) is 34.8 Å². The molecule has 1 aromatic heterocycles. The van der Waals surface area contributed by atoms with Gasteiger partial charge in [-0.05, 0) is 125 Å². The molecule has 4 aliphatic heterocycles. The molecule has 0 amide bonds. The molecule has 5 heterocycles. The van der Waals surface area contributed by atoms with Gasteiger partial charge in [0.05, 0.1) is 58.7 Å². The van der Waals surface area contributed by atoms with Crippen LogP contribution in [0, 0.1) is 74.9 Å². The fourth-order valence-corrected chi connectivity index (χ4v) is 19.7. The number of ether oxygens (including phenoxy) is 5. The molecule has 0 bridgehead atoms. The number of carbonyl (C=O) groups is 1. The first-order chi connectivity index (χ1) is 32.0. The number of ketones is 1. The summed E-state index contributed by atoms with van der Waals surface area (Å²) in [4.78, 5) is 26.3. The maximum atomic E-state index is 15.1. The first kappa shape index (κ1) is 45.7. The minimum atomic E-state index is -1.51. The van der Waals surface area contributed by atoms with Gasteiger partial charge < -0.3 is 49.2 Å². The first-order valence-electron chi connectivity index (χ1n) is 26.5. The summed E-state index contributed by atoms with van der Waals surface area (Å²) in [6.07, 6.45) is 9.58. The van der Waals surface area contributed by atoms with Gasteiger partial charge in [-0.15, -0.1) is 0 Å². The van der Waals surface area contributed by atoms with Crippen LogP contribution < -0.4 is 0 Å². The van der Waals surface area contributed by atoms with Crippen molar-refractivity contribution in [3.05, 3.63) is 46.1 Å². The van der Waals surface area contributed by atoms with Gasteiger partial charge in [0.25, 0.3) is 0 Å². The van der Waals surface area contributed by atoms with E-state index in [4.69, 9.17) is 33.7 Å². The Balaban J connectivity index is 0.784. The van der Waals surface area contributed by atoms with Gasteiger partial charge in [0.1, 0.15) is 35.8 Å². The SMILES string of the molecule is CO[C@H]1c2nc3c(nc2C[C@@H]2CC[C@H]4C5=CCC6[C@H](C)[C@@]7(OC[C@]56C(=O)C[C@@H]4[C@]21C)OC(C)(C)C[C@H]7O)C[C@@]1(C)[C@@H](CC[C@H]2C4=C[C@@H]5OC6(O[C@](C)(CO)C[C@H]6O)[C@@H](C)[C@]5(O)[C@@]4(C)[C@H](O)C[C@@H]21)C3. The summed E-state index contributed by atoms with van der Waals surface area (Å²) >= 11 is 0. The first-order valence-corrected chi connectivity index (χ1v) is 26.5. The van der Waals surface area contributed by atoms with Crippen molar-refractivity contribution in [1.29, 1.82) is 0 Å². The number of Topliss-reactive ketones (excluding diaryl/α,β-unsaturated/α-hetero) is 1. The monoisotopic (exact) mass is 941 g/mol. The molecule has 13 heteroatoms. The Hall–Kier alpha value is -2.17. The van der Waals surface area contributed by atoms with Crippen LogP contribution >= 0.6 is 0 Å². The lowest BCUT2D eigenvalue weighted by atomic mass is 9.44. The third kappa shape index (κ3) is 5.12. The summed E-state index contributed by atoms with van der Waals surface area (Å²) in [5.41, 5.74) is 1.26. The quantitative estimate of drug-likeness (QED) is 0.229. The molecule has 0 radical (unpaired) electrons. The summed E-state index contributed by atoms with van der Waals surface area (Å²) in [7, 11) is 1.82. The maximum Gasteiger partial charge on any atom is 0.201 e. The van der Waals surface area contributed by atoms with Crippen LogP contribution in [0.2, 0.25) is 0 Å². The lowest BCUT2D eigenvalue weighted by Crippen LogP contribution is -2.65. The van der Waals surface area contributed by atoms with Crippen molar-refractivity contribution >= 4 is 5.78 Å². The van der Waals surface area contributed by atoms with Crippen LogP contribution in [0.5, 0.6) is 0 Å². The van der Waals surface area contributed by atoms with E-state index >= 15 is 4.79 Å². The van der Waals surface area contributed by atoms with Gasteiger partial charge >= 0.3 is 0 Å². The standard InChI is InChI=1S/C55H76N2O11/c1-26-32-14-15-33-30-13-11-29-17-38-45(46(64-9)50(29,7)35(30)19-41(60)52(32,33)25-65-54(26)42(61)22-47(3,4)67-54)57-37-16-28-10-12-31-34(49(28,6)21-39(37)56-38)18-40(59)51(8)36(31)20-44-53(51,63)27(2)55(66-44)43(62)23-48(5,24-58)68-55/h15,20,26-32,34-35,40,42-44,46,58-59,61-63H,10-14,16-19,21-25H2,1-9H3/t26-,27-,28-,29-,30-,31+,32?,34-,35-,40+,42+,43+,44-,46-,48-,49-,50-,51+,52+,53+,54+,55?/m0/s1. The van der Waals surface area contributed by atoms with Gasteiger partial charge in [-0.1, -0.05) is 57.9 Å². The molecule has 4 saturated carbocycles. The number of carbonyl (C=O) groups excluding carboxylic acids is 1. The van der Waals surface area contributed by atoms with Crippen molar-refractivity contribution in [1.82, 2.24) is 9.97 Å². The molecule has 22 atom stereocenters. The number of methoxy groups -OCH3 is 1. The molecule has 13 nitrogen and oxygen atoms in total. The van der Waals surface area contributed by atoms with E-state index in [1.165, 1.54) is 5.57 Å². The second kappa shape index (κ2) is 13.9. The highest BCUT2D eigenvalue weighted by Crippen LogP contribution is 2.73. The lowest BCUT2D eigenvalue weighted by molar-refractivity contribution is -0.336. The smallest absolute Gasteiger partial charge is 0.201 e. The highest BCUT2D eigenvalue weighted by molar-refractivity contribution is 5.91. The van der Waals surface area contributed by atoms with E-state index in [1.54, 1.807) is 6.92 Å². The molecule has 4 saturated heterocycles. The topological polar surface area (TPSA) is 190 Å². The molecule has 8 fully saturated rings. The second-order valence-electron chi connectivity index (χ2n) is 26.3. The molecule has 1 aromatic rings. The van der Waals surface area contributed by atoms with Crippen molar-refractivity contribution in [2.45, 2.75) is 191 Å². The third-order valence-electron chi connectivity index (χ3n) is 23.2. The van der Waals surface area contributed by atoms with Gasteiger partial charge in [-0.3, -0.25) is 14.8 Å². The normalized spacial score (nSPS) is 56.6. The van der Waals surface area contributed by atoms with Crippen molar-refractivity contribution in [2.24, 2.45) is 74.9 Å². The van der Waals surface area contributed by atoms with Crippen LogP contribution in [0.25, 0.3) is 0 Å². The third-order valence-corrected chi connectivity index (χ3v) is 23.2. The Morgan fingerprint density at radius 3 is 2.19 bits per heavy atom. The Morgan fingerprint density at radius 1 is 0.794 bits per heavy atom. The number of aliphatic hydroxyl groups excluding tert-OH is 4. The molecule has 3 spiro atoms. The summed E-state index contributed by atoms with van der Waals surface area (Å²) in [6, 6.07) is 0. The minimum Gasteiger partial charge on any atom is -0.393 e. The average molecular weight is 941 g/mol. The summed E-state index contributed by atoms with van der Waals surface area (Å²) in [5, 5.41) is 58.4. The van der Waals surface area contributed by atoms with Crippen molar-refractivity contribution in [3.8, 4) is 0 Å². The Morgan fingerprint density at radius 2 is 1.50 bits per heavy atom. The van der Waals surface area contributed by atoms with Crippen LogP contribution in [-0.4, -0.2) is 114 Å². The number of aromatic nitrogens is 2. The predicted molar refractivity (Wildman–Crippen MR) is 246 cm³/mol. The molecular weight excluding hydrogens is 865 g/mol. The molecule has 0 aromatic carbocycles. The van der Waals surface area contributed by atoms with E-state index in [2.05, 4.69) is 32.9 Å². The zero-order valence-electron chi connectivity index (χ0n) is 41.7. The summed E-state index contributed by atoms with van der Waals surface area (Å²) in [5.74, 6) is -1.85. The number of hydrogen-bond acceptors (Lipinski definition) is 13. The largest absolute Gasteiger partial charge is 0.393 e. The van der Waals surface area contributed by atoms with E-state index < -0.39 is 69.5 Å². The van der Waals surface area contributed by atoms with Crippen molar-refractivity contribution in [3.63, 3.8) is 0 Å². The van der Waals surface area contributed by atoms with Gasteiger partial charge in [-0.25, -0.2) is 0 Å². The van der Waals surface area contributed by atoms with Crippen molar-refractivity contribution < 1.29 is 54.0 Å². The number of fused-ring (bicyclic) bond motifs is 13. The molecule has 5 N–H and O–H groups in total. The zero-order valence-corrected chi connectivity index (χ0v) is 41.7. The Bertz CT molecular complexity index is 2440. The summed E-state index contributed by atoms with van der Waals surface area (Å²) in [6.45, 7) is 16.6. The second-order valence-corrected chi connectivity index (χ2v) is 26.3.